The molecule has 4 fully saturated rings. The minimum atomic E-state index is -0.743. The fourth-order valence-electron chi connectivity index (χ4n) is 7.23. The number of hydrogen-bond donors (Lipinski definition) is 2. The van der Waals surface area contributed by atoms with E-state index in [1.54, 1.807) is 10.9 Å². The lowest BCUT2D eigenvalue weighted by molar-refractivity contribution is -0.151. The van der Waals surface area contributed by atoms with Crippen LogP contribution in [0.15, 0.2) is 41.3 Å². The Bertz CT molecular complexity index is 1070. The molecule has 4 aliphatic carbocycles. The van der Waals surface area contributed by atoms with Gasteiger partial charge in [-0.1, -0.05) is 48.9 Å². The highest BCUT2D eigenvalue weighted by Gasteiger charge is 2.59. The lowest BCUT2D eigenvalue weighted by atomic mass is 9.46. The van der Waals surface area contributed by atoms with Crippen molar-refractivity contribution in [3.63, 3.8) is 0 Å². The molecule has 0 aliphatic heterocycles. The Hall–Kier alpha value is -2.34. The van der Waals surface area contributed by atoms with Crippen molar-refractivity contribution >= 4 is 23.3 Å². The van der Waals surface area contributed by atoms with Crippen LogP contribution in [0.4, 0.5) is 5.69 Å². The molecule has 4 aliphatic rings. The largest absolute Gasteiger partial charge is 0.481 e. The van der Waals surface area contributed by atoms with Gasteiger partial charge < -0.3 is 10.4 Å². The number of carboxylic acid groups (broad SMARTS) is 1. The van der Waals surface area contributed by atoms with Crippen LogP contribution in [0.25, 0.3) is 0 Å². The molecule has 0 spiro atoms. The SMILES string of the molecule is C[C@@H](CNc1cnn(C23C[C@@H]4C[C@H](CC(CC(=O)O)(C4)C2)C3)c(=O)c1Cl)c1ccccc1. The number of nitrogens with one attached hydrogen (secondary N) is 1. The van der Waals surface area contributed by atoms with Crippen LogP contribution in [0.1, 0.15) is 63.4 Å². The van der Waals surface area contributed by atoms with E-state index in [9.17, 15) is 14.7 Å². The van der Waals surface area contributed by atoms with Gasteiger partial charge in [0.1, 0.15) is 5.02 Å². The van der Waals surface area contributed by atoms with Gasteiger partial charge in [0.15, 0.2) is 0 Å². The summed E-state index contributed by atoms with van der Waals surface area (Å²) in [4.78, 5) is 25.0. The van der Waals surface area contributed by atoms with Crippen LogP contribution in [-0.4, -0.2) is 27.4 Å². The summed E-state index contributed by atoms with van der Waals surface area (Å²) in [5.41, 5.74) is 0.883. The number of carboxylic acids is 1. The van der Waals surface area contributed by atoms with Crippen molar-refractivity contribution < 1.29 is 9.90 Å². The summed E-state index contributed by atoms with van der Waals surface area (Å²) >= 11 is 6.56. The van der Waals surface area contributed by atoms with Gasteiger partial charge in [-0.3, -0.25) is 9.59 Å². The van der Waals surface area contributed by atoms with Gasteiger partial charge in [-0.15, -0.1) is 0 Å². The number of hydrogen-bond acceptors (Lipinski definition) is 4. The Labute approximate surface area is 193 Å². The van der Waals surface area contributed by atoms with Crippen LogP contribution < -0.4 is 10.9 Å². The number of aromatic nitrogens is 2. The highest BCUT2D eigenvalue weighted by atomic mass is 35.5. The van der Waals surface area contributed by atoms with Crippen LogP contribution in [0.2, 0.25) is 5.02 Å². The molecule has 1 aromatic carbocycles. The van der Waals surface area contributed by atoms with E-state index in [1.807, 2.05) is 18.2 Å². The number of nitrogens with zero attached hydrogens (tertiary/aromatic N) is 2. The lowest BCUT2D eigenvalue weighted by Gasteiger charge is -2.61. The first-order chi connectivity index (χ1) is 15.3. The maximum absolute atomic E-state index is 13.4. The van der Waals surface area contributed by atoms with Gasteiger partial charge in [0.05, 0.1) is 23.8 Å². The second-order valence-electron chi connectivity index (χ2n) is 10.5. The third kappa shape index (κ3) is 3.72. The zero-order valence-corrected chi connectivity index (χ0v) is 19.1. The number of aliphatic carboxylic acids is 1. The van der Waals surface area contributed by atoms with E-state index >= 15 is 0 Å². The van der Waals surface area contributed by atoms with Crippen molar-refractivity contribution in [1.82, 2.24) is 9.78 Å². The van der Waals surface area contributed by atoms with Gasteiger partial charge in [-0.2, -0.15) is 5.10 Å². The molecule has 2 N–H and O–H groups in total. The Morgan fingerprint density at radius 1 is 1.25 bits per heavy atom. The molecule has 1 heterocycles. The zero-order chi connectivity index (χ0) is 22.5. The van der Waals surface area contributed by atoms with Crippen molar-refractivity contribution in [2.45, 2.75) is 63.3 Å². The second-order valence-corrected chi connectivity index (χ2v) is 10.9. The molecular formula is C25H30ClN3O3. The van der Waals surface area contributed by atoms with E-state index < -0.39 is 11.5 Å². The van der Waals surface area contributed by atoms with Gasteiger partial charge in [-0.05, 0) is 67.3 Å². The van der Waals surface area contributed by atoms with E-state index in [0.29, 0.717) is 30.5 Å². The number of benzene rings is 1. The molecule has 0 amide bonds. The summed E-state index contributed by atoms with van der Waals surface area (Å²) in [6.45, 7) is 2.77. The molecule has 4 saturated carbocycles. The van der Waals surface area contributed by atoms with Crippen LogP contribution in [-0.2, 0) is 10.3 Å². The third-order valence-electron chi connectivity index (χ3n) is 8.01. The van der Waals surface area contributed by atoms with Crippen molar-refractivity contribution in [1.29, 1.82) is 0 Å². The number of anilines is 1. The zero-order valence-electron chi connectivity index (χ0n) is 18.4. The van der Waals surface area contributed by atoms with Crippen molar-refractivity contribution in [2.75, 3.05) is 11.9 Å². The molecule has 2 aromatic rings. The number of rotatable bonds is 7. The summed E-state index contributed by atoms with van der Waals surface area (Å²) in [7, 11) is 0. The molecule has 6 rings (SSSR count). The number of halogens is 1. The summed E-state index contributed by atoms with van der Waals surface area (Å²) in [5.74, 6) is 0.446. The van der Waals surface area contributed by atoms with Crippen LogP contribution in [0, 0.1) is 17.3 Å². The van der Waals surface area contributed by atoms with Crippen LogP contribution in [0.5, 0.6) is 0 Å². The summed E-state index contributed by atoms with van der Waals surface area (Å²) in [6.07, 6.45) is 7.40. The fourth-order valence-corrected chi connectivity index (χ4v) is 7.43. The highest BCUT2D eigenvalue weighted by molar-refractivity contribution is 6.32. The molecule has 0 unspecified atom stereocenters. The van der Waals surface area contributed by atoms with Gasteiger partial charge in [0, 0.05) is 6.54 Å². The molecule has 3 atom stereocenters. The van der Waals surface area contributed by atoms with Crippen molar-refractivity contribution in [3.8, 4) is 0 Å². The normalized spacial score (nSPS) is 31.4. The molecule has 6 nitrogen and oxygen atoms in total. The molecular weight excluding hydrogens is 426 g/mol. The highest BCUT2D eigenvalue weighted by Crippen LogP contribution is 2.65. The monoisotopic (exact) mass is 455 g/mol. The molecule has 32 heavy (non-hydrogen) atoms. The molecule has 170 valence electrons. The molecule has 7 heteroatoms. The Kier molecular flexibility index (Phi) is 5.31. The third-order valence-corrected chi connectivity index (χ3v) is 8.38. The minimum absolute atomic E-state index is 0.170. The Morgan fingerprint density at radius 2 is 1.94 bits per heavy atom. The Morgan fingerprint density at radius 3 is 2.59 bits per heavy atom. The first-order valence-electron chi connectivity index (χ1n) is 11.6. The smallest absolute Gasteiger partial charge is 0.303 e. The quantitative estimate of drug-likeness (QED) is 0.621. The van der Waals surface area contributed by atoms with Gasteiger partial charge >= 0.3 is 5.97 Å². The maximum Gasteiger partial charge on any atom is 0.303 e. The van der Waals surface area contributed by atoms with E-state index in [-0.39, 0.29) is 28.3 Å². The van der Waals surface area contributed by atoms with Crippen molar-refractivity contribution in [3.05, 3.63) is 57.5 Å². The van der Waals surface area contributed by atoms with Gasteiger partial charge in [0.25, 0.3) is 5.56 Å². The Balaban J connectivity index is 1.40. The van der Waals surface area contributed by atoms with E-state index in [1.165, 1.54) is 5.56 Å². The summed E-state index contributed by atoms with van der Waals surface area (Å²) < 4.78 is 1.61. The predicted octanol–water partition coefficient (Wildman–Crippen LogP) is 4.88. The second kappa shape index (κ2) is 7.91. The van der Waals surface area contributed by atoms with Crippen molar-refractivity contribution in [2.24, 2.45) is 17.3 Å². The summed E-state index contributed by atoms with van der Waals surface area (Å²) in [6, 6.07) is 10.2. The first-order valence-corrected chi connectivity index (χ1v) is 12.0. The minimum Gasteiger partial charge on any atom is -0.481 e. The molecule has 0 saturated heterocycles. The maximum atomic E-state index is 13.4. The van der Waals surface area contributed by atoms with E-state index in [4.69, 9.17) is 11.6 Å². The molecule has 1 aromatic heterocycles. The van der Waals surface area contributed by atoms with Gasteiger partial charge in [0.2, 0.25) is 0 Å². The topological polar surface area (TPSA) is 84.2 Å². The van der Waals surface area contributed by atoms with Crippen LogP contribution in [0.3, 0.4) is 0 Å². The average molecular weight is 456 g/mol. The predicted molar refractivity (Wildman–Crippen MR) is 124 cm³/mol. The van der Waals surface area contributed by atoms with Gasteiger partial charge in [-0.25, -0.2) is 4.68 Å². The number of carbonyl (C=O) groups is 1. The average Bonchev–Trinajstić information content (AvgIpc) is 2.73. The lowest BCUT2D eigenvalue weighted by Crippen LogP contribution is -2.59. The summed E-state index contributed by atoms with van der Waals surface area (Å²) in [5, 5.41) is 17.6. The van der Waals surface area contributed by atoms with E-state index in [2.05, 4.69) is 29.5 Å². The molecule has 0 radical (unpaired) electrons. The molecule has 4 bridgehead atoms. The van der Waals surface area contributed by atoms with Crippen LogP contribution >= 0.6 is 11.6 Å². The first kappa shape index (κ1) is 21.5. The fraction of sp³-hybridized carbons (Fsp3) is 0.560. The standard InChI is InChI=1S/C25H30ClN3O3/c1-16(19-5-3-2-4-6-19)13-27-20-14-28-29(23(32)22(20)26)25-10-17-7-18(11-25)9-24(8-17,15-25)12-21(30)31/h2-6,14,16-18,27H,7-13,15H2,1H3,(H,30,31)/t16-,17+,18+,24?,25?/m0/s1. The van der Waals surface area contributed by atoms with E-state index in [0.717, 1.165) is 32.1 Å².